The van der Waals surface area contributed by atoms with Crippen LogP contribution in [0.1, 0.15) is 18.2 Å². The zero-order valence-corrected chi connectivity index (χ0v) is 12.9. The van der Waals surface area contributed by atoms with Crippen molar-refractivity contribution >= 4 is 29.3 Å². The first-order valence-electron chi connectivity index (χ1n) is 6.30. The van der Waals surface area contributed by atoms with Crippen LogP contribution < -0.4 is 0 Å². The maximum atomic E-state index is 11.0. The molecule has 21 heavy (non-hydrogen) atoms. The van der Waals surface area contributed by atoms with Gasteiger partial charge in [0.1, 0.15) is 5.25 Å². The van der Waals surface area contributed by atoms with Crippen LogP contribution in [-0.4, -0.2) is 31.0 Å². The van der Waals surface area contributed by atoms with Crippen molar-refractivity contribution in [1.82, 2.24) is 9.55 Å². The van der Waals surface area contributed by atoms with Crippen molar-refractivity contribution in [3.63, 3.8) is 0 Å². The summed E-state index contributed by atoms with van der Waals surface area (Å²) in [6.45, 7) is 1.97. The molecule has 0 fully saturated rings. The number of thioether (sulfide) groups is 1. The Bertz CT molecular complexity index is 628. The van der Waals surface area contributed by atoms with Crippen LogP contribution in [0.5, 0.6) is 0 Å². The third-order valence-corrected chi connectivity index (χ3v) is 4.19. The molecule has 0 spiro atoms. The van der Waals surface area contributed by atoms with E-state index in [-0.39, 0.29) is 6.61 Å². The Morgan fingerprint density at radius 1 is 1.43 bits per heavy atom. The molecule has 0 radical (unpaired) electrons. The van der Waals surface area contributed by atoms with Gasteiger partial charge in [-0.05, 0) is 24.6 Å². The number of carboxylic acids is 1. The number of rotatable bonds is 6. The maximum Gasteiger partial charge on any atom is 0.316 e. The van der Waals surface area contributed by atoms with Crippen molar-refractivity contribution in [2.24, 2.45) is 0 Å². The van der Waals surface area contributed by atoms with Crippen molar-refractivity contribution in [3.8, 4) is 0 Å². The third-order valence-electron chi connectivity index (χ3n) is 2.85. The van der Waals surface area contributed by atoms with Gasteiger partial charge in [-0.2, -0.15) is 0 Å². The Balaban J connectivity index is 2.22. The second kappa shape index (κ2) is 6.98. The van der Waals surface area contributed by atoms with E-state index in [1.807, 2.05) is 16.7 Å². The number of hydrogen-bond acceptors (Lipinski definition) is 4. The number of halogens is 1. The molecule has 0 saturated heterocycles. The molecule has 2 N–H and O–H groups in total. The van der Waals surface area contributed by atoms with Crippen molar-refractivity contribution in [2.75, 3.05) is 0 Å². The van der Waals surface area contributed by atoms with E-state index < -0.39 is 11.2 Å². The number of carbonyl (C=O) groups is 1. The topological polar surface area (TPSA) is 75.4 Å². The summed E-state index contributed by atoms with van der Waals surface area (Å²) in [6, 6.07) is 7.40. The average molecular weight is 327 g/mol. The molecule has 1 aromatic carbocycles. The van der Waals surface area contributed by atoms with Crippen molar-refractivity contribution in [1.29, 1.82) is 0 Å². The molecule has 0 aliphatic heterocycles. The molecule has 0 aliphatic carbocycles. The molecule has 0 amide bonds. The predicted molar refractivity (Wildman–Crippen MR) is 81.7 cm³/mol. The van der Waals surface area contributed by atoms with Gasteiger partial charge in [-0.3, -0.25) is 4.79 Å². The Kier molecular flexibility index (Phi) is 5.27. The molecule has 1 atom stereocenters. The van der Waals surface area contributed by atoms with Gasteiger partial charge in [-0.15, -0.1) is 0 Å². The lowest BCUT2D eigenvalue weighted by Crippen LogP contribution is -2.13. The first-order valence-corrected chi connectivity index (χ1v) is 7.56. The fourth-order valence-corrected chi connectivity index (χ4v) is 2.70. The zero-order chi connectivity index (χ0) is 15.4. The highest BCUT2D eigenvalue weighted by molar-refractivity contribution is 8.00. The lowest BCUT2D eigenvalue weighted by atomic mass is 10.2. The van der Waals surface area contributed by atoms with E-state index in [1.54, 1.807) is 25.3 Å². The molecule has 2 rings (SSSR count). The Morgan fingerprint density at radius 2 is 2.10 bits per heavy atom. The predicted octanol–water partition coefficient (Wildman–Crippen LogP) is 2.64. The van der Waals surface area contributed by atoms with Gasteiger partial charge in [0.05, 0.1) is 12.3 Å². The van der Waals surface area contributed by atoms with Gasteiger partial charge < -0.3 is 14.8 Å². The van der Waals surface area contributed by atoms with Crippen LogP contribution in [-0.2, 0) is 17.9 Å². The van der Waals surface area contributed by atoms with Gasteiger partial charge in [-0.1, -0.05) is 35.5 Å². The number of benzene rings is 1. The van der Waals surface area contributed by atoms with Crippen molar-refractivity contribution in [2.45, 2.75) is 30.5 Å². The smallest absolute Gasteiger partial charge is 0.316 e. The largest absolute Gasteiger partial charge is 0.480 e. The number of nitrogens with zero attached hydrogens (tertiary/aromatic N) is 2. The minimum atomic E-state index is -0.897. The number of carboxylic acid groups (broad SMARTS) is 1. The van der Waals surface area contributed by atoms with E-state index >= 15 is 0 Å². The van der Waals surface area contributed by atoms with E-state index in [0.29, 0.717) is 22.4 Å². The lowest BCUT2D eigenvalue weighted by Gasteiger charge is -2.09. The molecular weight excluding hydrogens is 312 g/mol. The van der Waals surface area contributed by atoms with E-state index in [0.717, 1.165) is 17.3 Å². The van der Waals surface area contributed by atoms with Crippen LogP contribution >= 0.6 is 23.4 Å². The molecule has 5 nitrogen and oxygen atoms in total. The van der Waals surface area contributed by atoms with E-state index in [1.165, 1.54) is 0 Å². The molecule has 1 heterocycles. The van der Waals surface area contributed by atoms with Gasteiger partial charge in [0.2, 0.25) is 0 Å². The standard InChI is InChI=1S/C14H15ClN2O3S/c1-9(13(19)20)21-14-16-12(8-18)7-17(14)6-10-2-4-11(15)5-3-10/h2-5,7,9,18H,6,8H2,1H3,(H,19,20)/t9-/m1/s1. The molecule has 0 unspecified atom stereocenters. The van der Waals surface area contributed by atoms with Crippen LogP contribution in [0.3, 0.4) is 0 Å². The molecule has 112 valence electrons. The van der Waals surface area contributed by atoms with E-state index in [4.69, 9.17) is 16.7 Å². The first-order chi connectivity index (χ1) is 9.99. The maximum absolute atomic E-state index is 11.0. The quantitative estimate of drug-likeness (QED) is 0.798. The number of aliphatic hydroxyl groups is 1. The average Bonchev–Trinajstić information content (AvgIpc) is 2.83. The minimum absolute atomic E-state index is 0.178. The SMILES string of the molecule is C[C@@H](Sc1nc(CO)cn1Cc1ccc(Cl)cc1)C(=O)O. The summed E-state index contributed by atoms with van der Waals surface area (Å²) in [6.07, 6.45) is 1.73. The Labute approximate surface area is 131 Å². The molecule has 1 aromatic heterocycles. The van der Waals surface area contributed by atoms with Gasteiger partial charge in [0, 0.05) is 17.8 Å². The number of hydrogen-bond donors (Lipinski definition) is 2. The second-order valence-corrected chi connectivity index (χ2v) is 6.27. The second-order valence-electron chi connectivity index (χ2n) is 4.53. The highest BCUT2D eigenvalue weighted by Gasteiger charge is 2.17. The number of imidazole rings is 1. The third kappa shape index (κ3) is 4.23. The van der Waals surface area contributed by atoms with Crippen LogP contribution in [0.15, 0.2) is 35.6 Å². The fourth-order valence-electron chi connectivity index (χ4n) is 1.73. The number of aliphatic carboxylic acids is 1. The summed E-state index contributed by atoms with van der Waals surface area (Å²) in [5.41, 5.74) is 1.54. The molecule has 0 aliphatic rings. The summed E-state index contributed by atoms with van der Waals surface area (Å²) in [7, 11) is 0. The minimum Gasteiger partial charge on any atom is -0.480 e. The normalized spacial score (nSPS) is 12.3. The summed E-state index contributed by atoms with van der Waals surface area (Å²) >= 11 is 7.01. The van der Waals surface area contributed by atoms with Gasteiger partial charge >= 0.3 is 5.97 Å². The molecule has 0 saturated carbocycles. The van der Waals surface area contributed by atoms with Gasteiger partial charge in [0.15, 0.2) is 5.16 Å². The van der Waals surface area contributed by atoms with Crippen LogP contribution in [0.2, 0.25) is 5.02 Å². The lowest BCUT2D eigenvalue weighted by molar-refractivity contribution is -0.136. The summed E-state index contributed by atoms with van der Waals surface area (Å²) in [5, 5.41) is 18.8. The Morgan fingerprint density at radius 3 is 2.67 bits per heavy atom. The number of aliphatic hydroxyl groups excluding tert-OH is 1. The highest BCUT2D eigenvalue weighted by Crippen LogP contribution is 2.24. The van der Waals surface area contributed by atoms with Gasteiger partial charge in [0.25, 0.3) is 0 Å². The summed E-state index contributed by atoms with van der Waals surface area (Å²) < 4.78 is 1.83. The van der Waals surface area contributed by atoms with Gasteiger partial charge in [-0.25, -0.2) is 4.98 Å². The fraction of sp³-hybridized carbons (Fsp3) is 0.286. The van der Waals surface area contributed by atoms with Crippen LogP contribution in [0.4, 0.5) is 0 Å². The molecular formula is C14H15ClN2O3S. The molecule has 0 bridgehead atoms. The molecule has 2 aromatic rings. The first kappa shape index (κ1) is 15.9. The molecule has 7 heteroatoms. The van der Waals surface area contributed by atoms with Crippen LogP contribution in [0, 0.1) is 0 Å². The zero-order valence-electron chi connectivity index (χ0n) is 11.4. The van der Waals surface area contributed by atoms with Crippen molar-refractivity contribution < 1.29 is 15.0 Å². The number of aromatic nitrogens is 2. The van der Waals surface area contributed by atoms with Crippen LogP contribution in [0.25, 0.3) is 0 Å². The van der Waals surface area contributed by atoms with E-state index in [2.05, 4.69) is 4.98 Å². The summed E-state index contributed by atoms with van der Waals surface area (Å²) in [5.74, 6) is -0.897. The monoisotopic (exact) mass is 326 g/mol. The van der Waals surface area contributed by atoms with Crippen molar-refractivity contribution in [3.05, 3.63) is 46.7 Å². The highest BCUT2D eigenvalue weighted by atomic mass is 35.5. The Hall–Kier alpha value is -1.50. The van der Waals surface area contributed by atoms with E-state index in [9.17, 15) is 9.90 Å². The summed E-state index contributed by atoms with van der Waals surface area (Å²) in [4.78, 5) is 15.2.